The second-order valence-electron chi connectivity index (χ2n) is 6.99. The van der Waals surface area contributed by atoms with Crippen molar-refractivity contribution in [1.82, 2.24) is 14.8 Å². The Morgan fingerprint density at radius 2 is 1.86 bits per heavy atom. The van der Waals surface area contributed by atoms with Gasteiger partial charge < -0.3 is 15.5 Å². The fourth-order valence-corrected chi connectivity index (χ4v) is 3.11. The zero-order valence-corrected chi connectivity index (χ0v) is 16.0. The van der Waals surface area contributed by atoms with Crippen LogP contribution >= 0.6 is 0 Å². The van der Waals surface area contributed by atoms with Gasteiger partial charge in [0.2, 0.25) is 5.95 Å². The predicted molar refractivity (Wildman–Crippen MR) is 111 cm³/mol. The van der Waals surface area contributed by atoms with Crippen molar-refractivity contribution in [2.45, 2.75) is 26.4 Å². The lowest BCUT2D eigenvalue weighted by molar-refractivity contribution is 0.0949. The summed E-state index contributed by atoms with van der Waals surface area (Å²) in [5, 5.41) is 14.7. The smallest absolute Gasteiger partial charge is 0.246 e. The van der Waals surface area contributed by atoms with Gasteiger partial charge in [0.1, 0.15) is 24.1 Å². The molecule has 0 spiro atoms. The molecule has 1 aromatic heterocycles. The summed E-state index contributed by atoms with van der Waals surface area (Å²) in [5.41, 5.74) is 4.00. The molecule has 4 rings (SSSR count). The predicted octanol–water partition coefficient (Wildman–Crippen LogP) is 4.67. The molecule has 0 amide bonds. The summed E-state index contributed by atoms with van der Waals surface area (Å²) < 4.78 is 28.2. The SMILES string of the molecule is CC1=NOC(CNc2cc(C)cc(Nc3ncn(-c4cc(F)cc(F)c4)n3)c2)C1.[HH].[HH]. The van der Waals surface area contributed by atoms with Crippen molar-refractivity contribution in [3.63, 3.8) is 0 Å². The average Bonchev–Trinajstić information content (AvgIpc) is 3.28. The molecule has 3 aromatic rings. The molecule has 2 heterocycles. The number of nitrogens with zero attached hydrogens (tertiary/aromatic N) is 4. The molecule has 1 atom stereocenters. The van der Waals surface area contributed by atoms with E-state index in [9.17, 15) is 8.78 Å². The van der Waals surface area contributed by atoms with Gasteiger partial charge in [-0.15, -0.1) is 5.10 Å². The van der Waals surface area contributed by atoms with Gasteiger partial charge in [0, 0.05) is 26.7 Å². The van der Waals surface area contributed by atoms with Crippen LogP contribution < -0.4 is 10.6 Å². The molecule has 0 aliphatic carbocycles. The summed E-state index contributed by atoms with van der Waals surface area (Å²) in [6.07, 6.45) is 2.23. The Morgan fingerprint density at radius 3 is 2.59 bits per heavy atom. The Labute approximate surface area is 169 Å². The molecule has 1 aliphatic rings. The molecule has 154 valence electrons. The van der Waals surface area contributed by atoms with Crippen LogP contribution in [0.15, 0.2) is 47.9 Å². The van der Waals surface area contributed by atoms with Gasteiger partial charge in [0.25, 0.3) is 0 Å². The topological polar surface area (TPSA) is 76.4 Å². The van der Waals surface area contributed by atoms with E-state index in [0.29, 0.717) is 12.5 Å². The monoisotopic (exact) mass is 402 g/mol. The van der Waals surface area contributed by atoms with Gasteiger partial charge in [-0.05, 0) is 49.7 Å². The number of anilines is 3. The molecule has 0 fully saturated rings. The number of rotatable bonds is 6. The minimum Gasteiger partial charge on any atom is -0.390 e. The Balaban J connectivity index is 0.00000171. The highest BCUT2D eigenvalue weighted by atomic mass is 19.1. The van der Waals surface area contributed by atoms with Crippen LogP contribution in [0.3, 0.4) is 0 Å². The van der Waals surface area contributed by atoms with Gasteiger partial charge >= 0.3 is 0 Å². The van der Waals surface area contributed by atoms with Crippen LogP contribution in [0.2, 0.25) is 0 Å². The van der Waals surface area contributed by atoms with E-state index >= 15 is 0 Å². The van der Waals surface area contributed by atoms with Gasteiger partial charge in [0.15, 0.2) is 0 Å². The van der Waals surface area contributed by atoms with Crippen LogP contribution in [0, 0.1) is 18.6 Å². The quantitative estimate of drug-likeness (QED) is 0.627. The molecule has 2 aromatic carbocycles. The van der Waals surface area contributed by atoms with E-state index < -0.39 is 11.6 Å². The number of aromatic nitrogens is 3. The van der Waals surface area contributed by atoms with Crippen LogP contribution in [0.4, 0.5) is 26.1 Å². The summed E-state index contributed by atoms with van der Waals surface area (Å²) >= 11 is 0. The first-order valence-corrected chi connectivity index (χ1v) is 9.14. The fraction of sp³-hybridized carbons (Fsp3) is 0.250. The molecule has 0 radical (unpaired) electrons. The Kier molecular flexibility index (Phi) is 5.11. The number of hydrogen-bond acceptors (Lipinski definition) is 6. The number of oxime groups is 1. The number of aryl methyl sites for hydroxylation is 1. The van der Waals surface area contributed by atoms with Crippen molar-refractivity contribution >= 4 is 23.0 Å². The van der Waals surface area contributed by atoms with E-state index in [0.717, 1.165) is 35.1 Å². The minimum absolute atomic E-state index is 0. The van der Waals surface area contributed by atoms with Crippen molar-refractivity contribution < 1.29 is 16.5 Å². The van der Waals surface area contributed by atoms with E-state index in [1.165, 1.54) is 23.1 Å². The maximum absolute atomic E-state index is 13.4. The standard InChI is InChI=1S/C20H20F2N6O.2H2/c1-12-3-16(23-10-19-5-13(2)27-29-19)9-17(4-12)25-20-24-11-28(26-20)18-7-14(21)6-15(22)8-18;;/h3-4,6-9,11,19,23H,5,10H2,1-2H3,(H,25,26);2*1H. The molecule has 0 saturated heterocycles. The lowest BCUT2D eigenvalue weighted by Gasteiger charge is -2.13. The number of nitrogens with one attached hydrogen (secondary N) is 2. The molecule has 1 aliphatic heterocycles. The maximum atomic E-state index is 13.4. The zero-order chi connectivity index (χ0) is 20.4. The van der Waals surface area contributed by atoms with E-state index in [2.05, 4.69) is 25.9 Å². The van der Waals surface area contributed by atoms with Crippen LogP contribution in [-0.2, 0) is 4.84 Å². The Hall–Kier alpha value is -3.49. The van der Waals surface area contributed by atoms with E-state index in [1.54, 1.807) is 0 Å². The highest BCUT2D eigenvalue weighted by molar-refractivity contribution is 5.82. The van der Waals surface area contributed by atoms with Crippen LogP contribution in [0.25, 0.3) is 5.69 Å². The summed E-state index contributed by atoms with van der Waals surface area (Å²) in [6, 6.07) is 9.09. The lowest BCUT2D eigenvalue weighted by atomic mass is 10.1. The normalized spacial score (nSPS) is 15.7. The molecular formula is C20H24F2N6O. The summed E-state index contributed by atoms with van der Waals surface area (Å²) in [5.74, 6) is -1.04. The number of benzene rings is 2. The molecule has 2 N–H and O–H groups in total. The third kappa shape index (κ3) is 4.68. The van der Waals surface area contributed by atoms with Crippen molar-refractivity contribution in [2.24, 2.45) is 5.16 Å². The second-order valence-corrected chi connectivity index (χ2v) is 6.99. The minimum atomic E-state index is -0.675. The average molecular weight is 402 g/mol. The molecular weight excluding hydrogens is 378 g/mol. The van der Waals surface area contributed by atoms with Gasteiger partial charge in [-0.2, -0.15) is 4.98 Å². The van der Waals surface area contributed by atoms with Gasteiger partial charge in [0.05, 0.1) is 17.9 Å². The van der Waals surface area contributed by atoms with Crippen molar-refractivity contribution in [3.05, 3.63) is 59.9 Å². The number of hydrogen-bond donors (Lipinski definition) is 2. The second kappa shape index (κ2) is 7.86. The fourth-order valence-electron chi connectivity index (χ4n) is 3.11. The Morgan fingerprint density at radius 1 is 1.10 bits per heavy atom. The molecule has 1 unspecified atom stereocenters. The third-order valence-corrected chi connectivity index (χ3v) is 4.35. The van der Waals surface area contributed by atoms with Gasteiger partial charge in [-0.3, -0.25) is 0 Å². The highest BCUT2D eigenvalue weighted by Crippen LogP contribution is 2.22. The van der Waals surface area contributed by atoms with E-state index in [1.807, 2.05) is 32.0 Å². The zero-order valence-electron chi connectivity index (χ0n) is 16.0. The molecule has 7 nitrogen and oxygen atoms in total. The summed E-state index contributed by atoms with van der Waals surface area (Å²) in [6.45, 7) is 4.57. The van der Waals surface area contributed by atoms with Crippen LogP contribution in [0.5, 0.6) is 0 Å². The largest absolute Gasteiger partial charge is 0.390 e. The number of halogens is 2. The molecule has 0 saturated carbocycles. The summed E-state index contributed by atoms with van der Waals surface area (Å²) in [4.78, 5) is 9.50. The molecule has 9 heteroatoms. The third-order valence-electron chi connectivity index (χ3n) is 4.35. The first kappa shape index (κ1) is 18.9. The van der Waals surface area contributed by atoms with Gasteiger partial charge in [-0.1, -0.05) is 5.16 Å². The first-order chi connectivity index (χ1) is 13.9. The van der Waals surface area contributed by atoms with Crippen LogP contribution in [-0.4, -0.2) is 33.1 Å². The van der Waals surface area contributed by atoms with Crippen molar-refractivity contribution in [3.8, 4) is 5.69 Å². The van der Waals surface area contributed by atoms with E-state index in [4.69, 9.17) is 4.84 Å². The van der Waals surface area contributed by atoms with Crippen molar-refractivity contribution in [2.75, 3.05) is 17.2 Å². The van der Waals surface area contributed by atoms with Crippen LogP contribution in [0.1, 0.15) is 21.8 Å². The van der Waals surface area contributed by atoms with E-state index in [-0.39, 0.29) is 14.6 Å². The molecule has 0 bridgehead atoms. The lowest BCUT2D eigenvalue weighted by Crippen LogP contribution is -2.19. The summed E-state index contributed by atoms with van der Waals surface area (Å²) in [7, 11) is 0. The highest BCUT2D eigenvalue weighted by Gasteiger charge is 2.17. The first-order valence-electron chi connectivity index (χ1n) is 9.14. The molecule has 29 heavy (non-hydrogen) atoms. The van der Waals surface area contributed by atoms with Crippen molar-refractivity contribution in [1.29, 1.82) is 0 Å². The maximum Gasteiger partial charge on any atom is 0.246 e. The Bertz CT molecular complexity index is 1060. The van der Waals surface area contributed by atoms with Gasteiger partial charge in [-0.25, -0.2) is 13.5 Å².